The monoisotopic (exact) mass is 296 g/mol. The van der Waals surface area contributed by atoms with Crippen molar-refractivity contribution >= 4 is 18.3 Å². The van der Waals surface area contributed by atoms with Crippen LogP contribution in [0.4, 0.5) is 13.2 Å². The van der Waals surface area contributed by atoms with Gasteiger partial charge in [-0.3, -0.25) is 4.79 Å². The van der Waals surface area contributed by atoms with Crippen LogP contribution in [0.2, 0.25) is 0 Å². The summed E-state index contributed by atoms with van der Waals surface area (Å²) in [6.07, 6.45) is -4.43. The summed E-state index contributed by atoms with van der Waals surface area (Å²) in [5.41, 5.74) is 3.68. The van der Waals surface area contributed by atoms with E-state index in [4.69, 9.17) is 5.73 Å². The first kappa shape index (κ1) is 17.7. The third-order valence-corrected chi connectivity index (χ3v) is 2.35. The maximum Gasteiger partial charge on any atom is 0.416 e. The minimum atomic E-state index is -4.43. The van der Waals surface area contributed by atoms with Crippen LogP contribution >= 0.6 is 12.4 Å². The fourth-order valence-corrected chi connectivity index (χ4v) is 1.35. The molecule has 0 aliphatic heterocycles. The second-order valence-electron chi connectivity index (χ2n) is 4.56. The Labute approximate surface area is 115 Å². The van der Waals surface area contributed by atoms with E-state index in [-0.39, 0.29) is 24.5 Å². The maximum absolute atomic E-state index is 12.7. The van der Waals surface area contributed by atoms with Crippen molar-refractivity contribution in [3.8, 4) is 0 Å². The van der Waals surface area contributed by atoms with Gasteiger partial charge in [0, 0.05) is 6.54 Å². The summed E-state index contributed by atoms with van der Waals surface area (Å²) in [6, 6.07) is 5.10. The smallest absolute Gasteiger partial charge is 0.350 e. The Kier molecular flexibility index (Phi) is 5.83. The Hall–Kier alpha value is -1.27. The molecule has 19 heavy (non-hydrogen) atoms. The van der Waals surface area contributed by atoms with Crippen molar-refractivity contribution in [2.75, 3.05) is 0 Å². The summed E-state index contributed by atoms with van der Waals surface area (Å²) in [4.78, 5) is 11.5. The van der Waals surface area contributed by atoms with E-state index in [9.17, 15) is 18.0 Å². The van der Waals surface area contributed by atoms with E-state index >= 15 is 0 Å². The zero-order chi connectivity index (χ0) is 14.0. The molecular weight excluding hydrogens is 281 g/mol. The van der Waals surface area contributed by atoms with Gasteiger partial charge in [0.05, 0.1) is 11.1 Å². The van der Waals surface area contributed by atoms with Crippen molar-refractivity contribution in [2.45, 2.75) is 32.1 Å². The molecule has 7 heteroatoms. The van der Waals surface area contributed by atoms with E-state index in [0.717, 1.165) is 6.07 Å². The molecule has 0 bridgehead atoms. The Morgan fingerprint density at radius 1 is 1.26 bits per heavy atom. The van der Waals surface area contributed by atoms with Crippen LogP contribution in [-0.4, -0.2) is 11.4 Å². The number of benzene rings is 1. The van der Waals surface area contributed by atoms with Gasteiger partial charge in [0.15, 0.2) is 0 Å². The summed E-state index contributed by atoms with van der Waals surface area (Å²) >= 11 is 0. The van der Waals surface area contributed by atoms with E-state index in [1.54, 1.807) is 0 Å². The number of hydrogen-bond acceptors (Lipinski definition) is 2. The highest BCUT2D eigenvalue weighted by Gasteiger charge is 2.33. The van der Waals surface area contributed by atoms with Crippen LogP contribution < -0.4 is 11.1 Å². The van der Waals surface area contributed by atoms with Crippen LogP contribution in [0.1, 0.15) is 25.0 Å². The molecular formula is C12H16ClF3N2O. The van der Waals surface area contributed by atoms with E-state index in [1.807, 2.05) is 0 Å². The Morgan fingerprint density at radius 2 is 1.79 bits per heavy atom. The second-order valence-corrected chi connectivity index (χ2v) is 4.56. The molecule has 1 amide bonds. The van der Waals surface area contributed by atoms with E-state index in [1.165, 1.54) is 32.0 Å². The normalized spacial score (nSPS) is 11.7. The van der Waals surface area contributed by atoms with Crippen molar-refractivity contribution in [1.82, 2.24) is 5.32 Å². The van der Waals surface area contributed by atoms with Crippen LogP contribution in [0.15, 0.2) is 24.3 Å². The fraction of sp³-hybridized carbons (Fsp3) is 0.417. The number of nitrogens with one attached hydrogen (secondary N) is 1. The first-order chi connectivity index (χ1) is 8.12. The van der Waals surface area contributed by atoms with Crippen molar-refractivity contribution in [2.24, 2.45) is 5.73 Å². The molecule has 0 saturated heterocycles. The quantitative estimate of drug-likeness (QED) is 0.900. The number of hydrogen-bond donors (Lipinski definition) is 2. The molecule has 0 unspecified atom stereocenters. The van der Waals surface area contributed by atoms with Crippen molar-refractivity contribution < 1.29 is 18.0 Å². The van der Waals surface area contributed by atoms with Gasteiger partial charge in [-0.2, -0.15) is 13.2 Å². The third kappa shape index (κ3) is 5.08. The number of amides is 1. The molecule has 0 atom stereocenters. The van der Waals surface area contributed by atoms with Crippen molar-refractivity contribution in [3.05, 3.63) is 35.4 Å². The third-order valence-electron chi connectivity index (χ3n) is 2.35. The number of nitrogens with two attached hydrogens (primary N) is 1. The zero-order valence-corrected chi connectivity index (χ0v) is 11.4. The molecule has 1 aromatic rings. The van der Waals surface area contributed by atoms with Gasteiger partial charge in [-0.05, 0) is 25.5 Å². The van der Waals surface area contributed by atoms with Crippen molar-refractivity contribution in [3.63, 3.8) is 0 Å². The first-order valence-corrected chi connectivity index (χ1v) is 5.34. The van der Waals surface area contributed by atoms with Gasteiger partial charge in [-0.1, -0.05) is 18.2 Å². The topological polar surface area (TPSA) is 55.1 Å². The van der Waals surface area contributed by atoms with Crippen LogP contribution in [0.3, 0.4) is 0 Å². The average Bonchev–Trinajstić information content (AvgIpc) is 2.23. The summed E-state index contributed by atoms with van der Waals surface area (Å²) in [5, 5.41) is 2.39. The molecule has 3 nitrogen and oxygen atoms in total. The Morgan fingerprint density at radius 3 is 2.26 bits per heavy atom. The van der Waals surface area contributed by atoms with E-state index in [0.29, 0.717) is 0 Å². The molecule has 108 valence electrons. The second kappa shape index (κ2) is 6.25. The maximum atomic E-state index is 12.7. The predicted octanol–water partition coefficient (Wildman–Crippen LogP) is 2.48. The molecule has 0 aliphatic rings. The lowest BCUT2D eigenvalue weighted by Gasteiger charge is -2.19. The number of rotatable bonds is 3. The standard InChI is InChI=1S/C12H15F3N2O.ClH/c1-11(2,16)10(18)17-7-8-5-3-4-6-9(8)12(13,14)15;/h3-6H,7,16H2,1-2H3,(H,17,18);1H. The number of carbonyl (C=O) groups excluding carboxylic acids is 1. The van der Waals surface area contributed by atoms with Crippen LogP contribution in [0.25, 0.3) is 0 Å². The molecule has 0 aliphatic carbocycles. The minimum Gasteiger partial charge on any atom is -0.350 e. The van der Waals surface area contributed by atoms with Crippen molar-refractivity contribution in [1.29, 1.82) is 0 Å². The SMILES string of the molecule is CC(C)(N)C(=O)NCc1ccccc1C(F)(F)F.Cl. The molecule has 3 N–H and O–H groups in total. The first-order valence-electron chi connectivity index (χ1n) is 5.34. The molecule has 0 fully saturated rings. The summed E-state index contributed by atoms with van der Waals surface area (Å²) in [5.74, 6) is -0.500. The Balaban J connectivity index is 0.00000324. The van der Waals surface area contributed by atoms with Gasteiger partial charge in [-0.15, -0.1) is 12.4 Å². The zero-order valence-electron chi connectivity index (χ0n) is 10.5. The summed E-state index contributed by atoms with van der Waals surface area (Å²) in [7, 11) is 0. The van der Waals surface area contributed by atoms with Gasteiger partial charge >= 0.3 is 6.18 Å². The lowest BCUT2D eigenvalue weighted by Crippen LogP contribution is -2.48. The van der Waals surface area contributed by atoms with E-state index in [2.05, 4.69) is 5.32 Å². The van der Waals surface area contributed by atoms with Crippen LogP contribution in [-0.2, 0) is 17.5 Å². The molecule has 1 aromatic carbocycles. The molecule has 1 rings (SSSR count). The molecule has 0 spiro atoms. The molecule has 0 heterocycles. The molecule has 0 radical (unpaired) electrons. The predicted molar refractivity (Wildman–Crippen MR) is 68.8 cm³/mol. The van der Waals surface area contributed by atoms with E-state index < -0.39 is 23.2 Å². The number of carbonyl (C=O) groups is 1. The lowest BCUT2D eigenvalue weighted by atomic mass is 10.0. The van der Waals surface area contributed by atoms with Crippen LogP contribution in [0, 0.1) is 0 Å². The van der Waals surface area contributed by atoms with Gasteiger partial charge in [-0.25, -0.2) is 0 Å². The van der Waals surface area contributed by atoms with Gasteiger partial charge in [0.1, 0.15) is 0 Å². The number of alkyl halides is 3. The highest BCUT2D eigenvalue weighted by atomic mass is 35.5. The lowest BCUT2D eigenvalue weighted by molar-refractivity contribution is -0.138. The average molecular weight is 297 g/mol. The summed E-state index contributed by atoms with van der Waals surface area (Å²) < 4.78 is 38.0. The van der Waals surface area contributed by atoms with Gasteiger partial charge in [0.25, 0.3) is 0 Å². The van der Waals surface area contributed by atoms with Crippen LogP contribution in [0.5, 0.6) is 0 Å². The minimum absolute atomic E-state index is 0. The Bertz CT molecular complexity index is 441. The highest BCUT2D eigenvalue weighted by molar-refractivity contribution is 5.85. The molecule has 0 aromatic heterocycles. The molecule has 0 saturated carbocycles. The van der Waals surface area contributed by atoms with Gasteiger partial charge in [0.2, 0.25) is 5.91 Å². The number of halogens is 4. The van der Waals surface area contributed by atoms with Gasteiger partial charge < -0.3 is 11.1 Å². The largest absolute Gasteiger partial charge is 0.416 e. The fourth-order valence-electron chi connectivity index (χ4n) is 1.35. The summed E-state index contributed by atoms with van der Waals surface area (Å²) in [6.45, 7) is 2.77. The highest BCUT2D eigenvalue weighted by Crippen LogP contribution is 2.31.